The molecular weight excluding hydrogens is 312 g/mol. The number of hydrogen-bond donors (Lipinski definition) is 2. The maximum absolute atomic E-state index is 12.2. The molecule has 0 spiro atoms. The van der Waals surface area contributed by atoms with Gasteiger partial charge in [0.25, 0.3) is 0 Å². The van der Waals surface area contributed by atoms with Gasteiger partial charge in [-0.3, -0.25) is 4.79 Å². The highest BCUT2D eigenvalue weighted by Gasteiger charge is 2.21. The van der Waals surface area contributed by atoms with E-state index < -0.39 is 22.0 Å². The molecule has 2 rings (SSSR count). The van der Waals surface area contributed by atoms with Crippen molar-refractivity contribution in [2.75, 3.05) is 5.32 Å². The standard InChI is InChI=1S/C17H20N2O3S/c1-12-9-10-15(11-13(12)2)18-17(20)14(3)19-23(21,22)16-7-5-4-6-8-16/h4-11,14,19H,1-3H3,(H,18,20). The van der Waals surface area contributed by atoms with Crippen LogP contribution in [-0.4, -0.2) is 20.4 Å². The highest BCUT2D eigenvalue weighted by molar-refractivity contribution is 7.89. The molecule has 0 aliphatic carbocycles. The Balaban J connectivity index is 2.06. The molecule has 1 amide bonds. The van der Waals surface area contributed by atoms with E-state index in [1.54, 1.807) is 24.3 Å². The van der Waals surface area contributed by atoms with Crippen LogP contribution in [0.1, 0.15) is 18.1 Å². The first-order valence-corrected chi connectivity index (χ1v) is 8.73. The van der Waals surface area contributed by atoms with E-state index in [4.69, 9.17) is 0 Å². The lowest BCUT2D eigenvalue weighted by molar-refractivity contribution is -0.117. The molecular formula is C17H20N2O3S. The molecule has 0 saturated heterocycles. The Morgan fingerprint density at radius 1 is 1.00 bits per heavy atom. The summed E-state index contributed by atoms with van der Waals surface area (Å²) in [5.41, 5.74) is 2.82. The SMILES string of the molecule is Cc1ccc(NC(=O)C(C)NS(=O)(=O)c2ccccc2)cc1C. The summed E-state index contributed by atoms with van der Waals surface area (Å²) in [7, 11) is -3.72. The molecule has 122 valence electrons. The van der Waals surface area contributed by atoms with Gasteiger partial charge in [0.15, 0.2) is 0 Å². The van der Waals surface area contributed by atoms with Crippen LogP contribution >= 0.6 is 0 Å². The Kier molecular flexibility index (Phi) is 5.18. The van der Waals surface area contributed by atoms with Crippen molar-refractivity contribution in [3.05, 3.63) is 59.7 Å². The Labute approximate surface area is 136 Å². The molecule has 2 aromatic rings. The lowest BCUT2D eigenvalue weighted by Gasteiger charge is -2.15. The zero-order chi connectivity index (χ0) is 17.0. The topological polar surface area (TPSA) is 75.3 Å². The third kappa shape index (κ3) is 4.40. The van der Waals surface area contributed by atoms with Crippen molar-refractivity contribution in [3.63, 3.8) is 0 Å². The van der Waals surface area contributed by atoms with Crippen LogP contribution in [0.5, 0.6) is 0 Å². The fourth-order valence-electron chi connectivity index (χ4n) is 2.02. The van der Waals surface area contributed by atoms with Crippen molar-refractivity contribution < 1.29 is 13.2 Å². The van der Waals surface area contributed by atoms with Gasteiger partial charge in [-0.2, -0.15) is 4.72 Å². The van der Waals surface area contributed by atoms with E-state index in [2.05, 4.69) is 10.0 Å². The van der Waals surface area contributed by atoms with Crippen LogP contribution < -0.4 is 10.0 Å². The summed E-state index contributed by atoms with van der Waals surface area (Å²) in [4.78, 5) is 12.3. The van der Waals surface area contributed by atoms with Crippen LogP contribution in [0.3, 0.4) is 0 Å². The molecule has 0 bridgehead atoms. The summed E-state index contributed by atoms with van der Waals surface area (Å²) < 4.78 is 26.8. The second-order valence-electron chi connectivity index (χ2n) is 5.44. The van der Waals surface area contributed by atoms with E-state index in [0.29, 0.717) is 5.69 Å². The monoisotopic (exact) mass is 332 g/mol. The summed E-state index contributed by atoms with van der Waals surface area (Å²) in [6, 6.07) is 12.6. The number of anilines is 1. The third-order valence-corrected chi connectivity index (χ3v) is 5.11. The number of hydrogen-bond acceptors (Lipinski definition) is 3. The number of carbonyl (C=O) groups excluding carboxylic acids is 1. The molecule has 2 aromatic carbocycles. The van der Waals surface area contributed by atoms with E-state index >= 15 is 0 Å². The third-order valence-electron chi connectivity index (χ3n) is 3.55. The molecule has 23 heavy (non-hydrogen) atoms. The number of carbonyl (C=O) groups is 1. The number of aryl methyl sites for hydroxylation is 2. The highest BCUT2D eigenvalue weighted by atomic mass is 32.2. The number of rotatable bonds is 5. The molecule has 1 unspecified atom stereocenters. The maximum Gasteiger partial charge on any atom is 0.242 e. The van der Waals surface area contributed by atoms with Gasteiger partial charge in [-0.05, 0) is 56.2 Å². The fourth-order valence-corrected chi connectivity index (χ4v) is 3.25. The van der Waals surface area contributed by atoms with E-state index in [-0.39, 0.29) is 4.90 Å². The first-order chi connectivity index (χ1) is 10.8. The van der Waals surface area contributed by atoms with Crippen LogP contribution in [0.25, 0.3) is 0 Å². The molecule has 0 aliphatic heterocycles. The van der Waals surface area contributed by atoms with Gasteiger partial charge in [-0.15, -0.1) is 0 Å². The molecule has 6 heteroatoms. The maximum atomic E-state index is 12.2. The molecule has 0 heterocycles. The molecule has 0 fully saturated rings. The Hall–Kier alpha value is -2.18. The zero-order valence-corrected chi connectivity index (χ0v) is 14.1. The van der Waals surface area contributed by atoms with Gasteiger partial charge in [0, 0.05) is 5.69 Å². The van der Waals surface area contributed by atoms with Crippen molar-refractivity contribution in [1.82, 2.24) is 4.72 Å². The second-order valence-corrected chi connectivity index (χ2v) is 7.16. The molecule has 0 aliphatic rings. The normalized spacial score (nSPS) is 12.7. The van der Waals surface area contributed by atoms with Crippen LogP contribution in [0.15, 0.2) is 53.4 Å². The minimum absolute atomic E-state index is 0.130. The molecule has 1 atom stereocenters. The van der Waals surface area contributed by atoms with Gasteiger partial charge < -0.3 is 5.32 Å². The molecule has 0 aromatic heterocycles. The number of sulfonamides is 1. The highest BCUT2D eigenvalue weighted by Crippen LogP contribution is 2.15. The number of nitrogens with one attached hydrogen (secondary N) is 2. The predicted octanol–water partition coefficient (Wildman–Crippen LogP) is 2.61. The van der Waals surface area contributed by atoms with Crippen LogP contribution in [0, 0.1) is 13.8 Å². The van der Waals surface area contributed by atoms with Crippen molar-refractivity contribution >= 4 is 21.6 Å². The summed E-state index contributed by atoms with van der Waals surface area (Å²) >= 11 is 0. The molecule has 5 nitrogen and oxygen atoms in total. The quantitative estimate of drug-likeness (QED) is 0.884. The van der Waals surface area contributed by atoms with Gasteiger partial charge in [0.1, 0.15) is 0 Å². The van der Waals surface area contributed by atoms with Crippen LogP contribution in [0.4, 0.5) is 5.69 Å². The van der Waals surface area contributed by atoms with Crippen molar-refractivity contribution in [3.8, 4) is 0 Å². The van der Waals surface area contributed by atoms with Crippen molar-refractivity contribution in [2.45, 2.75) is 31.7 Å². The predicted molar refractivity (Wildman–Crippen MR) is 90.8 cm³/mol. The molecule has 2 N–H and O–H groups in total. The minimum Gasteiger partial charge on any atom is -0.325 e. The van der Waals surface area contributed by atoms with Crippen LogP contribution in [-0.2, 0) is 14.8 Å². The summed E-state index contributed by atoms with van der Waals surface area (Å²) in [5.74, 6) is -0.409. The summed E-state index contributed by atoms with van der Waals surface area (Å²) in [6.07, 6.45) is 0. The van der Waals surface area contributed by atoms with Gasteiger partial charge >= 0.3 is 0 Å². The average molecular weight is 332 g/mol. The molecule has 0 radical (unpaired) electrons. The first kappa shape index (κ1) is 17.2. The van der Waals surface area contributed by atoms with Gasteiger partial charge in [-0.1, -0.05) is 24.3 Å². The van der Waals surface area contributed by atoms with E-state index in [1.165, 1.54) is 19.1 Å². The van der Waals surface area contributed by atoms with Gasteiger partial charge in [0.05, 0.1) is 10.9 Å². The van der Waals surface area contributed by atoms with Crippen LogP contribution in [0.2, 0.25) is 0 Å². The average Bonchev–Trinajstić information content (AvgIpc) is 2.51. The second kappa shape index (κ2) is 6.93. The largest absolute Gasteiger partial charge is 0.325 e. The Morgan fingerprint density at radius 2 is 1.65 bits per heavy atom. The fraction of sp³-hybridized carbons (Fsp3) is 0.235. The lowest BCUT2D eigenvalue weighted by Crippen LogP contribution is -2.41. The van der Waals surface area contributed by atoms with E-state index in [0.717, 1.165) is 11.1 Å². The van der Waals surface area contributed by atoms with Crippen molar-refractivity contribution in [2.24, 2.45) is 0 Å². The van der Waals surface area contributed by atoms with E-state index in [1.807, 2.05) is 26.0 Å². The van der Waals surface area contributed by atoms with Gasteiger partial charge in [-0.25, -0.2) is 8.42 Å². The van der Waals surface area contributed by atoms with Gasteiger partial charge in [0.2, 0.25) is 15.9 Å². The van der Waals surface area contributed by atoms with Crippen molar-refractivity contribution in [1.29, 1.82) is 0 Å². The zero-order valence-electron chi connectivity index (χ0n) is 13.3. The Bertz CT molecular complexity index is 802. The summed E-state index contributed by atoms with van der Waals surface area (Å²) in [6.45, 7) is 5.45. The Morgan fingerprint density at radius 3 is 2.26 bits per heavy atom. The minimum atomic E-state index is -3.72. The first-order valence-electron chi connectivity index (χ1n) is 7.25. The van der Waals surface area contributed by atoms with E-state index in [9.17, 15) is 13.2 Å². The number of benzene rings is 2. The number of amides is 1. The molecule has 0 saturated carbocycles. The smallest absolute Gasteiger partial charge is 0.242 e. The summed E-state index contributed by atoms with van der Waals surface area (Å²) in [5, 5.41) is 2.72. The lowest BCUT2D eigenvalue weighted by atomic mass is 10.1.